The highest BCUT2D eigenvalue weighted by atomic mass is 19.4. The van der Waals surface area contributed by atoms with Crippen molar-refractivity contribution in [2.75, 3.05) is 5.73 Å². The number of nitrogen functional groups attached to an aromatic ring is 1. The van der Waals surface area contributed by atoms with Crippen molar-refractivity contribution >= 4 is 11.8 Å². The molecule has 0 aliphatic rings. The second kappa shape index (κ2) is 5.75. The van der Waals surface area contributed by atoms with Crippen molar-refractivity contribution in [3.8, 4) is 5.75 Å². The molecule has 0 spiro atoms. The lowest BCUT2D eigenvalue weighted by Crippen LogP contribution is -2.12. The smallest absolute Gasteiger partial charge is 0.416 e. The summed E-state index contributed by atoms with van der Waals surface area (Å²) in [6, 6.07) is 5.48. The third kappa shape index (κ3) is 3.24. The molecule has 0 fully saturated rings. The first-order valence-electron chi connectivity index (χ1n) is 6.56. The fourth-order valence-corrected chi connectivity index (χ4v) is 1.96. The highest BCUT2D eigenvalue weighted by molar-refractivity contribution is 5.95. The first kappa shape index (κ1) is 15.9. The van der Waals surface area contributed by atoms with Gasteiger partial charge in [-0.3, -0.25) is 0 Å². The Morgan fingerprint density at radius 1 is 1.18 bits per heavy atom. The van der Waals surface area contributed by atoms with E-state index >= 15 is 0 Å². The van der Waals surface area contributed by atoms with Crippen molar-refractivity contribution in [2.45, 2.75) is 26.1 Å². The van der Waals surface area contributed by atoms with Gasteiger partial charge in [0.25, 0.3) is 0 Å². The molecule has 0 saturated heterocycles. The molecule has 4 nitrogen and oxygen atoms in total. The first-order chi connectivity index (χ1) is 10.2. The molecule has 22 heavy (non-hydrogen) atoms. The normalized spacial score (nSPS) is 11.7. The van der Waals surface area contributed by atoms with Crippen LogP contribution in [0.4, 0.5) is 19.0 Å². The van der Waals surface area contributed by atoms with Crippen molar-refractivity contribution in [3.63, 3.8) is 0 Å². The summed E-state index contributed by atoms with van der Waals surface area (Å²) in [5.41, 5.74) is 5.22. The molecule has 0 aliphatic heterocycles. The summed E-state index contributed by atoms with van der Waals surface area (Å²) in [4.78, 5) is 12.0. The standard InChI is InChI=1S/C15H15F3N2O2/c1-9(2)20-8-7-12(13(20)19)14(21)22-11-5-3-10(4-6-11)15(16,17)18/h3-9H,19H2,1-2H3. The van der Waals surface area contributed by atoms with Gasteiger partial charge in [0.05, 0.1) is 5.56 Å². The van der Waals surface area contributed by atoms with E-state index in [2.05, 4.69) is 0 Å². The molecule has 7 heteroatoms. The van der Waals surface area contributed by atoms with Crippen LogP contribution in [0.15, 0.2) is 36.5 Å². The number of nitrogens with zero attached hydrogens (tertiary/aromatic N) is 1. The number of ether oxygens (including phenoxy) is 1. The zero-order valence-electron chi connectivity index (χ0n) is 12.0. The first-order valence-corrected chi connectivity index (χ1v) is 6.56. The molecule has 0 saturated carbocycles. The van der Waals surface area contributed by atoms with Crippen LogP contribution in [0.3, 0.4) is 0 Å². The summed E-state index contributed by atoms with van der Waals surface area (Å²) in [6.07, 6.45) is -2.77. The van der Waals surface area contributed by atoms with Gasteiger partial charge in [0.15, 0.2) is 0 Å². The van der Waals surface area contributed by atoms with Crippen molar-refractivity contribution in [3.05, 3.63) is 47.7 Å². The lowest BCUT2D eigenvalue weighted by molar-refractivity contribution is -0.137. The molecule has 1 aromatic heterocycles. The van der Waals surface area contributed by atoms with E-state index in [-0.39, 0.29) is 23.2 Å². The zero-order valence-corrected chi connectivity index (χ0v) is 12.0. The Morgan fingerprint density at radius 3 is 2.23 bits per heavy atom. The monoisotopic (exact) mass is 312 g/mol. The molecule has 0 amide bonds. The van der Waals surface area contributed by atoms with E-state index in [4.69, 9.17) is 10.5 Å². The summed E-state index contributed by atoms with van der Waals surface area (Å²) in [5, 5.41) is 0. The van der Waals surface area contributed by atoms with Crippen LogP contribution >= 0.6 is 0 Å². The quantitative estimate of drug-likeness (QED) is 0.691. The van der Waals surface area contributed by atoms with Crippen molar-refractivity contribution in [2.24, 2.45) is 0 Å². The lowest BCUT2D eigenvalue weighted by atomic mass is 10.2. The summed E-state index contributed by atoms with van der Waals surface area (Å²) in [7, 11) is 0. The number of aromatic nitrogens is 1. The molecule has 0 atom stereocenters. The number of halogens is 3. The minimum atomic E-state index is -4.43. The molecule has 0 unspecified atom stereocenters. The average Bonchev–Trinajstić information content (AvgIpc) is 2.80. The third-order valence-corrected chi connectivity index (χ3v) is 3.12. The fourth-order valence-electron chi connectivity index (χ4n) is 1.96. The molecule has 1 heterocycles. The van der Waals surface area contributed by atoms with Crippen LogP contribution < -0.4 is 10.5 Å². The van der Waals surface area contributed by atoms with Crippen LogP contribution in [0.25, 0.3) is 0 Å². The van der Waals surface area contributed by atoms with E-state index in [0.29, 0.717) is 0 Å². The summed E-state index contributed by atoms with van der Waals surface area (Å²) >= 11 is 0. The van der Waals surface area contributed by atoms with E-state index in [1.165, 1.54) is 6.07 Å². The Bertz CT molecular complexity index is 673. The predicted molar refractivity (Wildman–Crippen MR) is 75.6 cm³/mol. The lowest BCUT2D eigenvalue weighted by Gasteiger charge is -2.11. The van der Waals surface area contributed by atoms with Crippen LogP contribution in [0.5, 0.6) is 5.75 Å². The van der Waals surface area contributed by atoms with Crippen LogP contribution in [0.2, 0.25) is 0 Å². The van der Waals surface area contributed by atoms with Crippen LogP contribution in [0, 0.1) is 0 Å². The van der Waals surface area contributed by atoms with E-state index in [9.17, 15) is 18.0 Å². The van der Waals surface area contributed by atoms with Gasteiger partial charge in [-0.05, 0) is 44.2 Å². The second-order valence-electron chi connectivity index (χ2n) is 5.03. The fraction of sp³-hybridized carbons (Fsp3) is 0.267. The number of anilines is 1. The SMILES string of the molecule is CC(C)n1ccc(C(=O)Oc2ccc(C(F)(F)F)cc2)c1N. The molecule has 118 valence electrons. The highest BCUT2D eigenvalue weighted by Crippen LogP contribution is 2.30. The van der Waals surface area contributed by atoms with E-state index in [1.54, 1.807) is 10.8 Å². The Morgan fingerprint density at radius 2 is 1.77 bits per heavy atom. The number of alkyl halides is 3. The number of benzene rings is 1. The molecule has 2 N–H and O–H groups in total. The van der Waals surface area contributed by atoms with Crippen LogP contribution in [-0.2, 0) is 6.18 Å². The molecule has 0 bridgehead atoms. The number of nitrogens with two attached hydrogens (primary N) is 1. The number of esters is 1. The zero-order chi connectivity index (χ0) is 16.5. The number of rotatable bonds is 3. The van der Waals surface area contributed by atoms with Gasteiger partial charge in [-0.2, -0.15) is 13.2 Å². The topological polar surface area (TPSA) is 57.2 Å². The molecule has 2 rings (SSSR count). The largest absolute Gasteiger partial charge is 0.423 e. The van der Waals surface area contributed by atoms with Crippen molar-refractivity contribution < 1.29 is 22.7 Å². The van der Waals surface area contributed by atoms with Gasteiger partial charge in [0, 0.05) is 12.2 Å². The van der Waals surface area contributed by atoms with E-state index < -0.39 is 17.7 Å². The molecule has 0 aliphatic carbocycles. The van der Waals surface area contributed by atoms with Gasteiger partial charge in [0.1, 0.15) is 17.1 Å². The minimum Gasteiger partial charge on any atom is -0.423 e. The van der Waals surface area contributed by atoms with Crippen LogP contribution in [0.1, 0.15) is 35.8 Å². The number of hydrogen-bond acceptors (Lipinski definition) is 3. The Hall–Kier alpha value is -2.44. The Balaban J connectivity index is 2.16. The number of carbonyl (C=O) groups excluding carboxylic acids is 1. The maximum atomic E-state index is 12.5. The Labute approximate surface area is 125 Å². The highest BCUT2D eigenvalue weighted by Gasteiger charge is 2.30. The van der Waals surface area contributed by atoms with Gasteiger partial charge >= 0.3 is 12.1 Å². The molecular formula is C15H15F3N2O2. The summed E-state index contributed by atoms with van der Waals surface area (Å²) in [6.45, 7) is 3.81. The third-order valence-electron chi connectivity index (χ3n) is 3.12. The summed E-state index contributed by atoms with van der Waals surface area (Å²) < 4.78 is 44.1. The molecule has 2 aromatic rings. The van der Waals surface area contributed by atoms with Crippen LogP contribution in [-0.4, -0.2) is 10.5 Å². The van der Waals surface area contributed by atoms with E-state index in [1.807, 2.05) is 13.8 Å². The van der Waals surface area contributed by atoms with E-state index in [0.717, 1.165) is 24.3 Å². The summed E-state index contributed by atoms with van der Waals surface area (Å²) in [5.74, 6) is -0.432. The molecule has 1 aromatic carbocycles. The van der Waals surface area contributed by atoms with Gasteiger partial charge in [-0.15, -0.1) is 0 Å². The number of carbonyl (C=O) groups is 1. The predicted octanol–water partition coefficient (Wildman–Crippen LogP) is 3.89. The van der Waals surface area contributed by atoms with Gasteiger partial charge < -0.3 is 15.0 Å². The average molecular weight is 312 g/mol. The van der Waals surface area contributed by atoms with Crippen molar-refractivity contribution in [1.82, 2.24) is 4.57 Å². The second-order valence-corrected chi connectivity index (χ2v) is 5.03. The minimum absolute atomic E-state index is 0.0229. The Kier molecular flexibility index (Phi) is 4.16. The van der Waals surface area contributed by atoms with Gasteiger partial charge in [0.2, 0.25) is 0 Å². The maximum absolute atomic E-state index is 12.5. The molecule has 0 radical (unpaired) electrons. The maximum Gasteiger partial charge on any atom is 0.416 e. The molecular weight excluding hydrogens is 297 g/mol. The van der Waals surface area contributed by atoms with Gasteiger partial charge in [-0.1, -0.05) is 0 Å². The van der Waals surface area contributed by atoms with Crippen molar-refractivity contribution in [1.29, 1.82) is 0 Å². The van der Waals surface area contributed by atoms with Gasteiger partial charge in [-0.25, -0.2) is 4.79 Å². The number of hydrogen-bond donors (Lipinski definition) is 1.